The molecule has 0 atom stereocenters. The molecule has 0 unspecified atom stereocenters. The second-order valence-corrected chi connectivity index (χ2v) is 6.70. The van der Waals surface area contributed by atoms with E-state index in [1.54, 1.807) is 4.28 Å². The maximum Gasteiger partial charge on any atom is -1.00 e. The minimum atomic E-state index is 0. The van der Waals surface area contributed by atoms with Gasteiger partial charge in [0.1, 0.15) is 0 Å². The van der Waals surface area contributed by atoms with Crippen LogP contribution in [0.15, 0.2) is 22.5 Å². The first-order valence-electron chi connectivity index (χ1n) is 4.23. The van der Waals surface area contributed by atoms with Gasteiger partial charge >= 0.3 is 76.5 Å². The predicted molar refractivity (Wildman–Crippen MR) is 46.2 cm³/mol. The zero-order valence-electron chi connectivity index (χ0n) is 8.73. The van der Waals surface area contributed by atoms with Crippen LogP contribution in [0.4, 0.5) is 0 Å². The average Bonchev–Trinajstić information content (AvgIpc) is 2.39. The van der Waals surface area contributed by atoms with Crippen molar-refractivity contribution in [3.8, 4) is 0 Å². The molecule has 0 fully saturated rings. The van der Waals surface area contributed by atoms with E-state index in [2.05, 4.69) is 39.0 Å². The number of hydrogen-bond acceptors (Lipinski definition) is 0. The maximum absolute atomic E-state index is 2.38. The fourth-order valence-electron chi connectivity index (χ4n) is 0.987. The summed E-state index contributed by atoms with van der Waals surface area (Å²) in [7, 11) is 0. The van der Waals surface area contributed by atoms with Crippen LogP contribution in [0.5, 0.6) is 0 Å². The summed E-state index contributed by atoms with van der Waals surface area (Å²) in [4.78, 5) is 0. The van der Waals surface area contributed by atoms with Crippen molar-refractivity contribution >= 4 is 0 Å². The van der Waals surface area contributed by atoms with Crippen molar-refractivity contribution in [2.24, 2.45) is 0 Å². The van der Waals surface area contributed by atoms with Crippen molar-refractivity contribution in [3.05, 3.63) is 22.5 Å². The van der Waals surface area contributed by atoms with Crippen molar-refractivity contribution in [2.75, 3.05) is 0 Å². The summed E-state index contributed by atoms with van der Waals surface area (Å²) in [6, 6.07) is 0. The van der Waals surface area contributed by atoms with Crippen LogP contribution in [0.2, 0.25) is 4.13 Å². The predicted octanol–water partition coefficient (Wildman–Crippen LogP) is -5.47. The second-order valence-electron chi connectivity index (χ2n) is 3.57. The third-order valence-corrected chi connectivity index (χ3v) is 4.47. The van der Waals surface area contributed by atoms with Crippen LogP contribution < -0.4 is 37.2 Å². The summed E-state index contributed by atoms with van der Waals surface area (Å²) in [5, 5.41) is 0. The van der Waals surface area contributed by atoms with Crippen LogP contribution in [-0.4, -0.2) is 0 Å². The van der Waals surface area contributed by atoms with Gasteiger partial charge in [0.25, 0.3) is 0 Å². The molecule has 82 valence electrons. The first-order valence-corrected chi connectivity index (χ1v) is 5.62. The Hall–Kier alpha value is 0.934. The van der Waals surface area contributed by atoms with Crippen molar-refractivity contribution in [1.29, 1.82) is 0 Å². The molecular weight excluding hydrogens is 277 g/mol. The van der Waals surface area contributed by atoms with Gasteiger partial charge < -0.3 is 37.2 Å². The topological polar surface area (TPSA) is 0 Å². The number of rotatable bonds is 3. The van der Waals surface area contributed by atoms with E-state index in [0.29, 0.717) is 20.4 Å². The molecule has 0 radical (unpaired) electrons. The maximum atomic E-state index is 2.38. The summed E-state index contributed by atoms with van der Waals surface area (Å²) < 4.78 is 2.28. The van der Waals surface area contributed by atoms with Gasteiger partial charge in [0.05, 0.1) is 0 Å². The first kappa shape index (κ1) is 20.4. The summed E-state index contributed by atoms with van der Waals surface area (Å²) >= 11 is 0.419. The van der Waals surface area contributed by atoms with Crippen LogP contribution >= 0.6 is 0 Å². The smallest absolute Gasteiger partial charge is 1.00 e. The molecule has 0 aliphatic heterocycles. The van der Waals surface area contributed by atoms with Crippen molar-refractivity contribution in [3.63, 3.8) is 0 Å². The largest absolute Gasteiger partial charge is 1.00 e. The molecule has 4 heteroatoms. The molecule has 1 aliphatic carbocycles. The molecule has 1 aliphatic rings. The normalized spacial score (nSPS) is 12.9. The van der Waals surface area contributed by atoms with Crippen molar-refractivity contribution in [2.45, 2.75) is 37.7 Å². The van der Waals surface area contributed by atoms with E-state index in [4.69, 9.17) is 0 Å². The van der Waals surface area contributed by atoms with Gasteiger partial charge in [-0.15, -0.1) is 0 Å². The summed E-state index contributed by atoms with van der Waals surface area (Å²) in [5.41, 5.74) is 0. The third kappa shape index (κ3) is 7.26. The minimum Gasteiger partial charge on any atom is -1.00 e. The molecule has 0 spiro atoms. The van der Waals surface area contributed by atoms with E-state index in [0.717, 1.165) is 0 Å². The van der Waals surface area contributed by atoms with Gasteiger partial charge in [0, 0.05) is 0 Å². The molecule has 0 heterocycles. The Morgan fingerprint density at radius 2 is 1.86 bits per heavy atom. The number of allylic oxidation sites excluding steroid dienone is 4. The molecule has 0 saturated carbocycles. The van der Waals surface area contributed by atoms with Crippen LogP contribution in [-0.2, 0) is 16.3 Å². The average molecular weight is 294 g/mol. The monoisotopic (exact) mass is 292 g/mol. The third-order valence-electron chi connectivity index (χ3n) is 2.06. The standard InChI is InChI=1S/C5H5.C5H11.3ClH.V/c1-2-4-5-3-1;1-4-5(2)3;;;;/h1-3H,4H2;4H2,1-3H3;3*1H;/q;;;;;+3/p-3. The Labute approximate surface area is 113 Å². The van der Waals surface area contributed by atoms with Crippen LogP contribution in [0.25, 0.3) is 0 Å². The molecule has 0 aromatic carbocycles. The fraction of sp³-hybridized carbons (Fsp3) is 0.600. The minimum absolute atomic E-state index is 0. The molecule has 0 amide bonds. The summed E-state index contributed by atoms with van der Waals surface area (Å²) in [6.07, 6.45) is 9.29. The second kappa shape index (κ2) is 9.18. The van der Waals surface area contributed by atoms with Gasteiger partial charge in [-0.2, -0.15) is 0 Å². The zero-order chi connectivity index (χ0) is 8.32. The van der Waals surface area contributed by atoms with E-state index < -0.39 is 0 Å². The Morgan fingerprint density at radius 1 is 1.29 bits per heavy atom. The zero-order valence-corrected chi connectivity index (χ0v) is 12.4. The summed E-state index contributed by atoms with van der Waals surface area (Å²) in [5.74, 6) is 0. The van der Waals surface area contributed by atoms with E-state index in [9.17, 15) is 0 Å². The molecule has 0 saturated heterocycles. The van der Waals surface area contributed by atoms with E-state index in [-0.39, 0.29) is 37.2 Å². The molecule has 0 aromatic rings. The van der Waals surface area contributed by atoms with Crippen LogP contribution in [0.3, 0.4) is 0 Å². The SMILES string of the molecule is CC[C](C)(C)[V+3][C]1=CC=CC1.[Cl-].[Cl-].[Cl-]. The Morgan fingerprint density at radius 3 is 2.21 bits per heavy atom. The number of hydrogen-bond donors (Lipinski definition) is 0. The molecule has 0 N–H and O–H groups in total. The Kier molecular flexibility index (Phi) is 13.4. The first-order chi connectivity index (χ1) is 5.14. The van der Waals surface area contributed by atoms with E-state index in [1.165, 1.54) is 12.8 Å². The van der Waals surface area contributed by atoms with Gasteiger partial charge in [-0.1, -0.05) is 0 Å². The Balaban J connectivity index is -0.000000403. The van der Waals surface area contributed by atoms with E-state index >= 15 is 0 Å². The van der Waals surface area contributed by atoms with E-state index in [1.807, 2.05) is 0 Å². The quantitative estimate of drug-likeness (QED) is 0.487. The van der Waals surface area contributed by atoms with Crippen LogP contribution in [0, 0.1) is 0 Å². The van der Waals surface area contributed by atoms with Gasteiger partial charge in [0.2, 0.25) is 0 Å². The van der Waals surface area contributed by atoms with Crippen molar-refractivity contribution < 1.29 is 53.5 Å². The molecule has 0 bridgehead atoms. The summed E-state index contributed by atoms with van der Waals surface area (Å²) in [6.45, 7) is 7.05. The van der Waals surface area contributed by atoms with Crippen molar-refractivity contribution in [1.82, 2.24) is 0 Å². The van der Waals surface area contributed by atoms with Gasteiger partial charge in [-0.3, -0.25) is 0 Å². The van der Waals surface area contributed by atoms with Gasteiger partial charge in [0.15, 0.2) is 0 Å². The number of halogens is 3. The molecule has 14 heavy (non-hydrogen) atoms. The van der Waals surface area contributed by atoms with Gasteiger partial charge in [-0.05, 0) is 0 Å². The molecule has 0 aromatic heterocycles. The molecule has 0 nitrogen and oxygen atoms in total. The fourth-order valence-corrected chi connectivity index (χ4v) is 3.01. The van der Waals surface area contributed by atoms with Gasteiger partial charge in [-0.25, -0.2) is 0 Å². The molecular formula is C10H16Cl3V. The Bertz CT molecular complexity index is 198. The molecule has 1 rings (SSSR count). The van der Waals surface area contributed by atoms with Crippen LogP contribution in [0.1, 0.15) is 33.6 Å².